The van der Waals surface area contributed by atoms with Crippen LogP contribution in [0.25, 0.3) is 0 Å². The molecule has 0 aromatic heterocycles. The molecule has 0 heterocycles. The molecule has 0 spiro atoms. The average Bonchev–Trinajstić information content (AvgIpc) is 2.32. The van der Waals surface area contributed by atoms with E-state index >= 15 is 0 Å². The minimum absolute atomic E-state index is 0. The summed E-state index contributed by atoms with van der Waals surface area (Å²) in [7, 11) is 0. The molecule has 1 fully saturated rings. The summed E-state index contributed by atoms with van der Waals surface area (Å²) in [6.07, 6.45) is 10.2. The predicted molar refractivity (Wildman–Crippen MR) is 84.9 cm³/mol. The van der Waals surface area contributed by atoms with Crippen molar-refractivity contribution in [3.8, 4) is 0 Å². The highest BCUT2D eigenvalue weighted by Crippen LogP contribution is 2.41. The molecule has 0 aromatic carbocycles. The van der Waals surface area contributed by atoms with E-state index in [-0.39, 0.29) is 7.43 Å². The molecule has 110 valence electrons. The molecule has 0 aromatic rings. The van der Waals surface area contributed by atoms with Gasteiger partial charge in [0.2, 0.25) is 0 Å². The van der Waals surface area contributed by atoms with Gasteiger partial charge in [-0.1, -0.05) is 67.7 Å². The van der Waals surface area contributed by atoms with Crippen molar-refractivity contribution < 1.29 is 0 Å². The molecule has 1 rings (SSSR count). The van der Waals surface area contributed by atoms with Gasteiger partial charge in [0.15, 0.2) is 0 Å². The Morgan fingerprint density at radius 3 is 2.33 bits per heavy atom. The van der Waals surface area contributed by atoms with Crippen LogP contribution in [0.15, 0.2) is 0 Å². The largest absolute Gasteiger partial charge is 0.0776 e. The first-order chi connectivity index (χ1) is 8.08. The van der Waals surface area contributed by atoms with Crippen molar-refractivity contribution in [3.63, 3.8) is 0 Å². The molecule has 1 aliphatic carbocycles. The van der Waals surface area contributed by atoms with Crippen LogP contribution < -0.4 is 0 Å². The molecule has 0 bridgehead atoms. The van der Waals surface area contributed by atoms with Gasteiger partial charge in [-0.15, -0.1) is 0 Å². The third-order valence-corrected chi connectivity index (χ3v) is 5.34. The Morgan fingerprint density at radius 2 is 1.78 bits per heavy atom. The Kier molecular flexibility index (Phi) is 8.99. The van der Waals surface area contributed by atoms with Gasteiger partial charge in [0, 0.05) is 0 Å². The van der Waals surface area contributed by atoms with Crippen LogP contribution in [0.2, 0.25) is 0 Å². The molecule has 0 N–H and O–H groups in total. The lowest BCUT2D eigenvalue weighted by Gasteiger charge is -2.38. The minimum Gasteiger partial charge on any atom is -0.0776 e. The molecule has 5 unspecified atom stereocenters. The van der Waals surface area contributed by atoms with E-state index in [0.717, 1.165) is 29.6 Å². The zero-order chi connectivity index (χ0) is 12.8. The van der Waals surface area contributed by atoms with Gasteiger partial charge in [-0.25, -0.2) is 0 Å². The number of hydrogen-bond acceptors (Lipinski definition) is 0. The van der Waals surface area contributed by atoms with Crippen LogP contribution in [-0.4, -0.2) is 0 Å². The third kappa shape index (κ3) is 5.33. The zero-order valence-electron chi connectivity index (χ0n) is 12.8. The maximum absolute atomic E-state index is 2.51. The van der Waals surface area contributed by atoms with Gasteiger partial charge < -0.3 is 0 Å². The molecule has 0 aliphatic heterocycles. The van der Waals surface area contributed by atoms with Gasteiger partial charge in [-0.3, -0.25) is 0 Å². The molecule has 18 heavy (non-hydrogen) atoms. The van der Waals surface area contributed by atoms with Crippen molar-refractivity contribution in [1.29, 1.82) is 0 Å². The summed E-state index contributed by atoms with van der Waals surface area (Å²) in [5.74, 6) is 4.92. The highest BCUT2D eigenvalue weighted by molar-refractivity contribution is 4.81. The van der Waals surface area contributed by atoms with E-state index < -0.39 is 0 Å². The Bertz CT molecular complexity index is 196. The summed E-state index contributed by atoms with van der Waals surface area (Å²) in [6.45, 7) is 12.1. The van der Waals surface area contributed by atoms with Gasteiger partial charge >= 0.3 is 0 Å². The van der Waals surface area contributed by atoms with Gasteiger partial charge in [0.1, 0.15) is 0 Å². The van der Waals surface area contributed by atoms with E-state index in [1.165, 1.54) is 44.9 Å². The van der Waals surface area contributed by atoms with Gasteiger partial charge in [0.05, 0.1) is 0 Å². The van der Waals surface area contributed by atoms with Crippen LogP contribution >= 0.6 is 0 Å². The topological polar surface area (TPSA) is 0 Å². The molecular weight excluding hydrogens is 216 g/mol. The Morgan fingerprint density at radius 1 is 1.11 bits per heavy atom. The second-order valence-corrected chi connectivity index (χ2v) is 6.83. The minimum atomic E-state index is 0. The summed E-state index contributed by atoms with van der Waals surface area (Å²) < 4.78 is 0. The maximum atomic E-state index is 2.51. The van der Waals surface area contributed by atoms with E-state index in [1.807, 2.05) is 0 Å². The fraction of sp³-hybridized carbons (Fsp3) is 1.00. The van der Waals surface area contributed by atoms with E-state index in [4.69, 9.17) is 0 Å². The van der Waals surface area contributed by atoms with Gasteiger partial charge in [-0.05, 0) is 48.9 Å². The second kappa shape index (κ2) is 8.99. The van der Waals surface area contributed by atoms with E-state index in [2.05, 4.69) is 34.6 Å². The Hall–Kier alpha value is 0. The molecule has 0 nitrogen and oxygen atoms in total. The summed E-state index contributed by atoms with van der Waals surface area (Å²) in [6, 6.07) is 0. The average molecular weight is 255 g/mol. The van der Waals surface area contributed by atoms with E-state index in [1.54, 1.807) is 0 Å². The molecule has 0 radical (unpaired) electrons. The SMILES string of the molecule is C.CCCC1CC(C(C)CC(C)CC)CCC1C. The fourth-order valence-electron chi connectivity index (χ4n) is 3.74. The summed E-state index contributed by atoms with van der Waals surface area (Å²) >= 11 is 0. The number of hydrogen-bond donors (Lipinski definition) is 0. The first-order valence-electron chi connectivity index (χ1n) is 8.08. The van der Waals surface area contributed by atoms with Crippen molar-refractivity contribution in [2.75, 3.05) is 0 Å². The van der Waals surface area contributed by atoms with Crippen LogP contribution in [0, 0.1) is 29.6 Å². The monoisotopic (exact) mass is 254 g/mol. The first-order valence-corrected chi connectivity index (χ1v) is 8.08. The van der Waals surface area contributed by atoms with Crippen molar-refractivity contribution in [2.45, 2.75) is 87.0 Å². The molecule has 1 saturated carbocycles. The normalized spacial score (nSPS) is 31.5. The second-order valence-electron chi connectivity index (χ2n) is 6.83. The van der Waals surface area contributed by atoms with Crippen molar-refractivity contribution in [1.82, 2.24) is 0 Å². The maximum Gasteiger partial charge on any atom is -0.0386 e. The first kappa shape index (κ1) is 18.0. The van der Waals surface area contributed by atoms with Crippen molar-refractivity contribution in [3.05, 3.63) is 0 Å². The molecule has 1 aliphatic rings. The zero-order valence-corrected chi connectivity index (χ0v) is 12.8. The number of rotatable bonds is 6. The van der Waals surface area contributed by atoms with Crippen LogP contribution in [0.3, 0.4) is 0 Å². The quantitative estimate of drug-likeness (QED) is 0.504. The van der Waals surface area contributed by atoms with E-state index in [0.29, 0.717) is 0 Å². The van der Waals surface area contributed by atoms with E-state index in [9.17, 15) is 0 Å². The van der Waals surface area contributed by atoms with Crippen LogP contribution in [-0.2, 0) is 0 Å². The van der Waals surface area contributed by atoms with Crippen LogP contribution in [0.5, 0.6) is 0 Å². The Labute approximate surface area is 117 Å². The highest BCUT2D eigenvalue weighted by atomic mass is 14.4. The molecular formula is C18H38. The standard InChI is InChI=1S/C17H34.CH4/c1-6-8-16-12-17(10-9-14(16)4)15(5)11-13(3)7-2;/h13-17H,6-12H2,1-5H3;1H4. The Balaban J connectivity index is 0.00000289. The highest BCUT2D eigenvalue weighted by Gasteiger charge is 2.30. The smallest absolute Gasteiger partial charge is 0.0386 e. The van der Waals surface area contributed by atoms with Crippen LogP contribution in [0.1, 0.15) is 87.0 Å². The van der Waals surface area contributed by atoms with Crippen LogP contribution in [0.4, 0.5) is 0 Å². The summed E-state index contributed by atoms with van der Waals surface area (Å²) in [5.41, 5.74) is 0. The molecule has 0 heteroatoms. The molecule has 0 saturated heterocycles. The van der Waals surface area contributed by atoms with Gasteiger partial charge in [-0.2, -0.15) is 0 Å². The third-order valence-electron chi connectivity index (χ3n) is 5.34. The van der Waals surface area contributed by atoms with Crippen molar-refractivity contribution >= 4 is 0 Å². The summed E-state index contributed by atoms with van der Waals surface area (Å²) in [4.78, 5) is 0. The fourth-order valence-corrected chi connectivity index (χ4v) is 3.74. The predicted octanol–water partition coefficient (Wildman–Crippen LogP) is 6.55. The lowest BCUT2D eigenvalue weighted by Crippen LogP contribution is -2.27. The van der Waals surface area contributed by atoms with Crippen molar-refractivity contribution in [2.24, 2.45) is 29.6 Å². The molecule has 5 atom stereocenters. The lowest BCUT2D eigenvalue weighted by atomic mass is 9.68. The van der Waals surface area contributed by atoms with Gasteiger partial charge in [0.25, 0.3) is 0 Å². The summed E-state index contributed by atoms with van der Waals surface area (Å²) in [5, 5.41) is 0. The molecule has 0 amide bonds. The lowest BCUT2D eigenvalue weighted by molar-refractivity contribution is 0.132.